The van der Waals surface area contributed by atoms with Gasteiger partial charge < -0.3 is 0 Å². The van der Waals surface area contributed by atoms with Crippen molar-refractivity contribution < 1.29 is 4.79 Å². The van der Waals surface area contributed by atoms with Gasteiger partial charge in [0.1, 0.15) is 0 Å². The van der Waals surface area contributed by atoms with E-state index < -0.39 is 0 Å². The van der Waals surface area contributed by atoms with Crippen LogP contribution < -0.4 is 0 Å². The first kappa shape index (κ1) is 13.4. The SMILES string of the molecule is CC1=CC=CC(=O)C1C.Cc1ccccc1C. The molecule has 0 saturated carbocycles. The molecule has 1 aliphatic carbocycles. The molecule has 0 fully saturated rings. The van der Waals surface area contributed by atoms with Crippen LogP contribution in [0.1, 0.15) is 25.0 Å². The van der Waals surface area contributed by atoms with Crippen molar-refractivity contribution in [3.63, 3.8) is 0 Å². The number of hydrogen-bond acceptors (Lipinski definition) is 1. The third-order valence-electron chi connectivity index (χ3n) is 3.15. The quantitative estimate of drug-likeness (QED) is 0.655. The summed E-state index contributed by atoms with van der Waals surface area (Å²) in [5, 5.41) is 0. The van der Waals surface area contributed by atoms with Gasteiger partial charge in [0, 0.05) is 5.92 Å². The van der Waals surface area contributed by atoms with E-state index in [9.17, 15) is 4.79 Å². The number of allylic oxidation sites excluding steroid dienone is 4. The van der Waals surface area contributed by atoms with Crippen LogP contribution in [0.4, 0.5) is 0 Å². The van der Waals surface area contributed by atoms with E-state index in [4.69, 9.17) is 0 Å². The summed E-state index contributed by atoms with van der Waals surface area (Å²) in [5.74, 6) is 0.324. The Balaban J connectivity index is 0.000000171. The molecular formula is C16H20O. The van der Waals surface area contributed by atoms with Crippen molar-refractivity contribution in [2.24, 2.45) is 5.92 Å². The molecule has 0 radical (unpaired) electrons. The Morgan fingerprint density at radius 1 is 1.00 bits per heavy atom. The Morgan fingerprint density at radius 3 is 1.88 bits per heavy atom. The van der Waals surface area contributed by atoms with E-state index in [0.29, 0.717) is 0 Å². The molecule has 1 aromatic rings. The summed E-state index contributed by atoms with van der Waals surface area (Å²) < 4.78 is 0. The van der Waals surface area contributed by atoms with Gasteiger partial charge in [0.2, 0.25) is 0 Å². The van der Waals surface area contributed by atoms with E-state index in [0.717, 1.165) is 5.57 Å². The maximum Gasteiger partial charge on any atom is 0.162 e. The molecule has 0 heterocycles. The predicted octanol–water partition coefficient (Wildman–Crippen LogP) is 4.01. The number of hydrogen-bond donors (Lipinski definition) is 0. The Bertz CT molecular complexity index is 431. The molecular weight excluding hydrogens is 208 g/mol. The fourth-order valence-corrected chi connectivity index (χ4v) is 1.47. The van der Waals surface area contributed by atoms with E-state index in [2.05, 4.69) is 38.1 Å². The summed E-state index contributed by atoms with van der Waals surface area (Å²) in [7, 11) is 0. The van der Waals surface area contributed by atoms with E-state index in [1.165, 1.54) is 11.1 Å². The van der Waals surface area contributed by atoms with Crippen LogP contribution in [0.3, 0.4) is 0 Å². The lowest BCUT2D eigenvalue weighted by Gasteiger charge is -2.10. The average molecular weight is 228 g/mol. The smallest absolute Gasteiger partial charge is 0.162 e. The Hall–Kier alpha value is -1.63. The topological polar surface area (TPSA) is 17.1 Å². The normalized spacial score (nSPS) is 18.2. The van der Waals surface area contributed by atoms with Crippen LogP contribution in [0.15, 0.2) is 48.1 Å². The monoisotopic (exact) mass is 228 g/mol. The van der Waals surface area contributed by atoms with Gasteiger partial charge in [-0.05, 0) is 38.0 Å². The van der Waals surface area contributed by atoms with Gasteiger partial charge in [-0.25, -0.2) is 0 Å². The number of benzene rings is 1. The molecule has 17 heavy (non-hydrogen) atoms. The zero-order valence-corrected chi connectivity index (χ0v) is 11.0. The highest BCUT2D eigenvalue weighted by Crippen LogP contribution is 2.14. The molecule has 2 rings (SSSR count). The van der Waals surface area contributed by atoms with Gasteiger partial charge in [-0.2, -0.15) is 0 Å². The van der Waals surface area contributed by atoms with Gasteiger partial charge in [0.15, 0.2) is 5.78 Å². The second-order valence-corrected chi connectivity index (χ2v) is 4.48. The van der Waals surface area contributed by atoms with Crippen molar-refractivity contribution in [2.75, 3.05) is 0 Å². The molecule has 0 saturated heterocycles. The minimum atomic E-state index is 0.106. The summed E-state index contributed by atoms with van der Waals surface area (Å²) in [6.45, 7) is 8.15. The highest BCUT2D eigenvalue weighted by atomic mass is 16.1. The van der Waals surface area contributed by atoms with Crippen molar-refractivity contribution in [1.82, 2.24) is 0 Å². The van der Waals surface area contributed by atoms with Crippen LogP contribution in [0.5, 0.6) is 0 Å². The zero-order chi connectivity index (χ0) is 12.8. The maximum absolute atomic E-state index is 10.9. The van der Waals surface area contributed by atoms with Gasteiger partial charge >= 0.3 is 0 Å². The number of carbonyl (C=O) groups excluding carboxylic acids is 1. The third-order valence-corrected chi connectivity index (χ3v) is 3.15. The summed E-state index contributed by atoms with van der Waals surface area (Å²) >= 11 is 0. The first-order valence-electron chi connectivity index (χ1n) is 5.93. The number of aryl methyl sites for hydroxylation is 2. The van der Waals surface area contributed by atoms with Crippen molar-refractivity contribution in [3.05, 3.63) is 59.2 Å². The fourth-order valence-electron chi connectivity index (χ4n) is 1.47. The molecule has 0 spiro atoms. The van der Waals surface area contributed by atoms with E-state index in [-0.39, 0.29) is 11.7 Å². The van der Waals surface area contributed by atoms with Gasteiger partial charge in [-0.1, -0.05) is 48.9 Å². The van der Waals surface area contributed by atoms with E-state index >= 15 is 0 Å². The fraction of sp³-hybridized carbons (Fsp3) is 0.312. The zero-order valence-electron chi connectivity index (χ0n) is 11.0. The third kappa shape index (κ3) is 4.03. The van der Waals surface area contributed by atoms with Crippen LogP contribution in [0, 0.1) is 19.8 Å². The molecule has 1 aromatic carbocycles. The highest BCUT2D eigenvalue weighted by molar-refractivity contribution is 5.94. The van der Waals surface area contributed by atoms with Crippen LogP contribution in [0.25, 0.3) is 0 Å². The minimum absolute atomic E-state index is 0.106. The molecule has 0 N–H and O–H groups in total. The number of rotatable bonds is 0. The summed E-state index contributed by atoms with van der Waals surface area (Å²) in [5.41, 5.74) is 3.89. The molecule has 0 bridgehead atoms. The van der Waals surface area contributed by atoms with Gasteiger partial charge in [-0.3, -0.25) is 4.79 Å². The summed E-state index contributed by atoms with van der Waals surface area (Å²) in [4.78, 5) is 10.9. The largest absolute Gasteiger partial charge is 0.294 e. The molecule has 0 aliphatic heterocycles. The van der Waals surface area contributed by atoms with Crippen LogP contribution in [-0.2, 0) is 4.79 Å². The maximum atomic E-state index is 10.9. The van der Waals surface area contributed by atoms with Crippen molar-refractivity contribution >= 4 is 5.78 Å². The lowest BCUT2D eigenvalue weighted by atomic mass is 9.94. The van der Waals surface area contributed by atoms with Gasteiger partial charge in [0.25, 0.3) is 0 Å². The van der Waals surface area contributed by atoms with Crippen molar-refractivity contribution in [1.29, 1.82) is 0 Å². The van der Waals surface area contributed by atoms with Gasteiger partial charge in [0.05, 0.1) is 0 Å². The Kier molecular flexibility index (Phi) is 4.89. The molecule has 1 aliphatic rings. The second kappa shape index (κ2) is 6.19. The summed E-state index contributed by atoms with van der Waals surface area (Å²) in [6, 6.07) is 8.36. The number of ketones is 1. The van der Waals surface area contributed by atoms with Crippen LogP contribution >= 0.6 is 0 Å². The van der Waals surface area contributed by atoms with Crippen LogP contribution in [0.2, 0.25) is 0 Å². The molecule has 1 unspecified atom stereocenters. The van der Waals surface area contributed by atoms with Gasteiger partial charge in [-0.15, -0.1) is 0 Å². The first-order valence-corrected chi connectivity index (χ1v) is 5.93. The minimum Gasteiger partial charge on any atom is -0.294 e. The van der Waals surface area contributed by atoms with Crippen molar-refractivity contribution in [3.8, 4) is 0 Å². The highest BCUT2D eigenvalue weighted by Gasteiger charge is 2.12. The lowest BCUT2D eigenvalue weighted by molar-refractivity contribution is -0.116. The molecule has 1 heteroatoms. The van der Waals surface area contributed by atoms with Crippen LogP contribution in [-0.4, -0.2) is 5.78 Å². The molecule has 0 amide bonds. The van der Waals surface area contributed by atoms with E-state index in [1.54, 1.807) is 12.2 Å². The molecule has 1 atom stereocenters. The molecule has 1 nitrogen and oxygen atoms in total. The second-order valence-electron chi connectivity index (χ2n) is 4.48. The summed E-state index contributed by atoms with van der Waals surface area (Å²) in [6.07, 6.45) is 5.40. The standard InChI is InChI=1S/C8H10O.C8H10/c1-6-4-3-5-8(9)7(6)2;1-7-5-3-4-6-8(7)2/h3-5,7H,1-2H3;3-6H,1-2H3. The predicted molar refractivity (Wildman–Crippen MR) is 73.0 cm³/mol. The first-order chi connectivity index (χ1) is 8.02. The van der Waals surface area contributed by atoms with E-state index in [1.807, 2.05) is 19.9 Å². The average Bonchev–Trinajstić information content (AvgIpc) is 2.31. The molecule has 0 aromatic heterocycles. The number of carbonyl (C=O) groups is 1. The Labute approximate surface area is 104 Å². The molecule has 90 valence electrons. The lowest BCUT2D eigenvalue weighted by Crippen LogP contribution is -2.11. The Morgan fingerprint density at radius 2 is 1.53 bits per heavy atom. The van der Waals surface area contributed by atoms with Crippen molar-refractivity contribution in [2.45, 2.75) is 27.7 Å².